The molecule has 0 unspecified atom stereocenters. The van der Waals surface area contributed by atoms with Crippen molar-refractivity contribution in [3.63, 3.8) is 0 Å². The van der Waals surface area contributed by atoms with Crippen LogP contribution in [0, 0.1) is 0 Å². The van der Waals surface area contributed by atoms with E-state index in [1.807, 2.05) is 6.07 Å². The third kappa shape index (κ3) is 2.29. The van der Waals surface area contributed by atoms with Crippen LogP contribution in [0.3, 0.4) is 0 Å². The molecule has 4 aromatic carbocycles. The Hall–Kier alpha value is -3.00. The molecular weight excluding hydrogens is 282 g/mol. The lowest BCUT2D eigenvalue weighted by molar-refractivity contribution is -0.115. The van der Waals surface area contributed by atoms with Crippen LogP contribution in [0.1, 0.15) is 12.5 Å². The maximum Gasteiger partial charge on any atom is 0.242 e. The Labute approximate surface area is 134 Å². The van der Waals surface area contributed by atoms with E-state index < -0.39 is 0 Å². The first kappa shape index (κ1) is 13.6. The first-order valence-corrected chi connectivity index (χ1v) is 7.62. The first-order valence-electron chi connectivity index (χ1n) is 7.62. The monoisotopic (exact) mass is 297 g/mol. The Balaban J connectivity index is 2.14. The number of carbonyl (C=O) groups excluding carboxylic acids is 1. The van der Waals surface area contributed by atoms with Crippen LogP contribution >= 0.6 is 0 Å². The van der Waals surface area contributed by atoms with Crippen LogP contribution in [0.5, 0.6) is 0 Å². The molecule has 0 aliphatic heterocycles. The van der Waals surface area contributed by atoms with Gasteiger partial charge >= 0.3 is 0 Å². The molecule has 4 aromatic rings. The van der Waals surface area contributed by atoms with E-state index in [0.717, 1.165) is 5.56 Å². The third-order valence-electron chi connectivity index (χ3n) is 4.16. The van der Waals surface area contributed by atoms with E-state index in [0.29, 0.717) is 0 Å². The smallest absolute Gasteiger partial charge is 0.242 e. The largest absolute Gasteiger partial charge is 0.273 e. The highest BCUT2D eigenvalue weighted by molar-refractivity contribution is 6.25. The molecule has 2 nitrogen and oxygen atoms in total. The molecule has 0 atom stereocenters. The molecule has 0 saturated heterocycles. The van der Waals surface area contributed by atoms with E-state index in [1.165, 1.54) is 39.2 Å². The quantitative estimate of drug-likeness (QED) is 0.354. The highest BCUT2D eigenvalue weighted by Crippen LogP contribution is 2.34. The number of carbonyl (C=O) groups is 1. The molecule has 4 rings (SSSR count). The minimum atomic E-state index is -0.187. The molecular formula is C21H15NO. The van der Waals surface area contributed by atoms with Crippen molar-refractivity contribution < 1.29 is 4.79 Å². The van der Waals surface area contributed by atoms with Crippen molar-refractivity contribution >= 4 is 44.4 Å². The van der Waals surface area contributed by atoms with E-state index in [9.17, 15) is 4.79 Å². The van der Waals surface area contributed by atoms with Crippen molar-refractivity contribution in [3.8, 4) is 0 Å². The van der Waals surface area contributed by atoms with Gasteiger partial charge in [0, 0.05) is 13.1 Å². The van der Waals surface area contributed by atoms with Crippen LogP contribution in [0.2, 0.25) is 0 Å². The molecule has 0 aromatic heterocycles. The molecule has 0 aliphatic carbocycles. The Bertz CT molecular complexity index is 1060. The van der Waals surface area contributed by atoms with Gasteiger partial charge in [0.1, 0.15) is 0 Å². The second-order valence-corrected chi connectivity index (χ2v) is 5.67. The summed E-state index contributed by atoms with van der Waals surface area (Å²) in [6.45, 7) is 1.46. The van der Waals surface area contributed by atoms with Crippen LogP contribution in [-0.4, -0.2) is 12.1 Å². The zero-order valence-corrected chi connectivity index (χ0v) is 12.8. The van der Waals surface area contributed by atoms with Crippen molar-refractivity contribution in [2.45, 2.75) is 6.92 Å². The second kappa shape index (κ2) is 5.33. The summed E-state index contributed by atoms with van der Waals surface area (Å²) in [7, 11) is 0. The standard InChI is InChI=1S/C21H15NO/c1-14(23)22-13-15-10-11-20-18-8-3-2-6-16(18)17-7-4-5-9-19(17)21(20)12-15/h2-13H,1H3. The van der Waals surface area contributed by atoms with Crippen molar-refractivity contribution in [1.29, 1.82) is 0 Å². The Kier molecular flexibility index (Phi) is 3.16. The van der Waals surface area contributed by atoms with Crippen molar-refractivity contribution in [3.05, 3.63) is 72.3 Å². The van der Waals surface area contributed by atoms with Crippen molar-refractivity contribution in [2.75, 3.05) is 0 Å². The van der Waals surface area contributed by atoms with Gasteiger partial charge in [-0.15, -0.1) is 0 Å². The zero-order valence-electron chi connectivity index (χ0n) is 12.8. The number of rotatable bonds is 1. The summed E-state index contributed by atoms with van der Waals surface area (Å²) in [6.07, 6.45) is 1.63. The fourth-order valence-corrected chi connectivity index (χ4v) is 3.17. The van der Waals surface area contributed by atoms with Gasteiger partial charge in [-0.3, -0.25) is 4.79 Å². The number of amides is 1. The van der Waals surface area contributed by atoms with Gasteiger partial charge in [0.2, 0.25) is 5.91 Å². The zero-order chi connectivity index (χ0) is 15.8. The molecule has 0 radical (unpaired) electrons. The highest BCUT2D eigenvalue weighted by atomic mass is 16.1. The van der Waals surface area contributed by atoms with Gasteiger partial charge in [0.15, 0.2) is 0 Å². The van der Waals surface area contributed by atoms with Gasteiger partial charge < -0.3 is 0 Å². The van der Waals surface area contributed by atoms with Gasteiger partial charge in [-0.25, -0.2) is 4.99 Å². The normalized spacial score (nSPS) is 11.7. The van der Waals surface area contributed by atoms with Gasteiger partial charge in [0.05, 0.1) is 0 Å². The fourth-order valence-electron chi connectivity index (χ4n) is 3.17. The second-order valence-electron chi connectivity index (χ2n) is 5.67. The first-order chi connectivity index (χ1) is 11.2. The minimum absolute atomic E-state index is 0.187. The number of hydrogen-bond donors (Lipinski definition) is 0. The number of hydrogen-bond acceptors (Lipinski definition) is 1. The van der Waals surface area contributed by atoms with Gasteiger partial charge in [-0.05, 0) is 43.9 Å². The van der Waals surface area contributed by atoms with Crippen LogP contribution in [0.4, 0.5) is 0 Å². The SMILES string of the molecule is CC(=O)N=Cc1ccc2c3ccccc3c3ccccc3c2c1. The fraction of sp³-hybridized carbons (Fsp3) is 0.0476. The third-order valence-corrected chi connectivity index (χ3v) is 4.16. The van der Waals surface area contributed by atoms with Crippen molar-refractivity contribution in [2.24, 2.45) is 4.99 Å². The van der Waals surface area contributed by atoms with Gasteiger partial charge in [-0.2, -0.15) is 0 Å². The van der Waals surface area contributed by atoms with Crippen LogP contribution in [-0.2, 0) is 4.79 Å². The number of aliphatic imine (C=N–C) groups is 1. The molecule has 0 bridgehead atoms. The maximum atomic E-state index is 11.1. The van der Waals surface area contributed by atoms with E-state index >= 15 is 0 Å². The molecule has 110 valence electrons. The summed E-state index contributed by atoms with van der Waals surface area (Å²) in [6, 6.07) is 23.2. The number of benzene rings is 4. The van der Waals surface area contributed by atoms with E-state index in [1.54, 1.807) is 6.21 Å². The Morgan fingerprint density at radius 3 is 1.74 bits per heavy atom. The lowest BCUT2D eigenvalue weighted by atomic mass is 9.93. The topological polar surface area (TPSA) is 29.4 Å². The molecule has 0 saturated carbocycles. The molecule has 1 amide bonds. The molecule has 0 heterocycles. The van der Waals surface area contributed by atoms with Crippen LogP contribution in [0.15, 0.2) is 71.7 Å². The van der Waals surface area contributed by atoms with Gasteiger partial charge in [0.25, 0.3) is 0 Å². The maximum absolute atomic E-state index is 11.1. The number of nitrogens with zero attached hydrogens (tertiary/aromatic N) is 1. The van der Waals surface area contributed by atoms with E-state index in [2.05, 4.69) is 65.7 Å². The van der Waals surface area contributed by atoms with Crippen LogP contribution in [0.25, 0.3) is 32.3 Å². The Morgan fingerprint density at radius 1 is 0.739 bits per heavy atom. The summed E-state index contributed by atoms with van der Waals surface area (Å²) >= 11 is 0. The van der Waals surface area contributed by atoms with E-state index in [-0.39, 0.29) is 5.91 Å². The lowest BCUT2D eigenvalue weighted by Gasteiger charge is -2.10. The van der Waals surface area contributed by atoms with Crippen LogP contribution < -0.4 is 0 Å². The predicted molar refractivity (Wildman–Crippen MR) is 97.2 cm³/mol. The number of fused-ring (bicyclic) bond motifs is 6. The molecule has 23 heavy (non-hydrogen) atoms. The minimum Gasteiger partial charge on any atom is -0.273 e. The highest BCUT2D eigenvalue weighted by Gasteiger charge is 2.07. The Morgan fingerprint density at radius 2 is 1.22 bits per heavy atom. The molecule has 0 aliphatic rings. The molecule has 0 N–H and O–H groups in total. The average Bonchev–Trinajstić information content (AvgIpc) is 2.60. The summed E-state index contributed by atoms with van der Waals surface area (Å²) < 4.78 is 0. The summed E-state index contributed by atoms with van der Waals surface area (Å²) in [5, 5.41) is 7.39. The lowest BCUT2D eigenvalue weighted by Crippen LogP contribution is -1.88. The summed E-state index contributed by atoms with van der Waals surface area (Å²) in [5.41, 5.74) is 0.938. The predicted octanol–water partition coefficient (Wildman–Crippen LogP) is 5.11. The van der Waals surface area contributed by atoms with E-state index in [4.69, 9.17) is 0 Å². The summed E-state index contributed by atoms with van der Waals surface area (Å²) in [4.78, 5) is 15.0. The molecule has 0 spiro atoms. The summed E-state index contributed by atoms with van der Waals surface area (Å²) in [5.74, 6) is -0.187. The van der Waals surface area contributed by atoms with Crippen molar-refractivity contribution in [1.82, 2.24) is 0 Å². The van der Waals surface area contributed by atoms with Gasteiger partial charge in [-0.1, -0.05) is 60.7 Å². The average molecular weight is 297 g/mol. The molecule has 2 heteroatoms. The molecule has 0 fully saturated rings.